The molecule has 0 unspecified atom stereocenters. The number of azo groups is 1. The first-order chi connectivity index (χ1) is 12.8. The number of rotatable bonds is 8. The van der Waals surface area contributed by atoms with Crippen molar-refractivity contribution in [1.82, 2.24) is 0 Å². The normalized spacial score (nSPS) is 11.9. The molecule has 0 bridgehead atoms. The molecule has 1 rings (SSSR count). The minimum atomic E-state index is -0.863. The number of hydrogen-bond acceptors (Lipinski definition) is 10. The maximum Gasteiger partial charge on any atom is 0.362 e. The molecule has 0 radical (unpaired) electrons. The molecule has 0 saturated heterocycles. The molecule has 0 aliphatic carbocycles. The number of aliphatic hydroxyl groups excluding tert-OH is 1. The topological polar surface area (TPSA) is 124 Å². The smallest absolute Gasteiger partial charge is 0.362 e. The molecule has 9 nitrogen and oxygen atoms in total. The van der Waals surface area contributed by atoms with E-state index in [2.05, 4.69) is 10.2 Å². The molecule has 1 heterocycles. The van der Waals surface area contributed by atoms with Gasteiger partial charge in [-0.05, 0) is 40.2 Å². The van der Waals surface area contributed by atoms with Crippen LogP contribution in [0.5, 0.6) is 0 Å². The molecule has 0 aliphatic rings. The number of aliphatic hydroxyl groups is 1. The zero-order chi connectivity index (χ0) is 20.6. The first-order valence-corrected chi connectivity index (χ1v) is 9.06. The lowest BCUT2D eigenvalue weighted by atomic mass is 10.1. The number of hydrogen-bond donors (Lipinski definition) is 1. The molecule has 0 saturated carbocycles. The number of allylic oxidation sites excluding steroid dienone is 1. The maximum absolute atomic E-state index is 12.3. The van der Waals surface area contributed by atoms with Crippen LogP contribution in [-0.2, 0) is 19.0 Å². The van der Waals surface area contributed by atoms with Gasteiger partial charge < -0.3 is 19.3 Å². The van der Waals surface area contributed by atoms with Gasteiger partial charge >= 0.3 is 17.9 Å². The minimum absolute atomic E-state index is 0.0486. The number of esters is 3. The second-order valence-electron chi connectivity index (χ2n) is 5.03. The Bertz CT molecular complexity index is 776. The Morgan fingerprint density at radius 3 is 2.07 bits per heavy atom. The van der Waals surface area contributed by atoms with Crippen LogP contribution in [0.1, 0.15) is 53.3 Å². The highest BCUT2D eigenvalue weighted by Gasteiger charge is 2.27. The summed E-state index contributed by atoms with van der Waals surface area (Å²) in [5.41, 5.74) is -0.0175. The molecule has 148 valence electrons. The van der Waals surface area contributed by atoms with Gasteiger partial charge in [0.1, 0.15) is 16.2 Å². The fraction of sp³-hybridized carbons (Fsp3) is 0.471. The van der Waals surface area contributed by atoms with Gasteiger partial charge in [0.15, 0.2) is 5.00 Å². The molecule has 0 fully saturated rings. The lowest BCUT2D eigenvalue weighted by Gasteiger charge is -2.03. The predicted octanol–water partition coefficient (Wildman–Crippen LogP) is 3.85. The van der Waals surface area contributed by atoms with Crippen molar-refractivity contribution in [2.24, 2.45) is 10.2 Å². The highest BCUT2D eigenvalue weighted by Crippen LogP contribution is 2.37. The average molecular weight is 398 g/mol. The predicted molar refractivity (Wildman–Crippen MR) is 97.4 cm³/mol. The molecule has 0 spiro atoms. The third-order valence-electron chi connectivity index (χ3n) is 3.12. The lowest BCUT2D eigenvalue weighted by Crippen LogP contribution is -2.08. The van der Waals surface area contributed by atoms with Crippen LogP contribution in [0, 0.1) is 6.92 Å². The molecule has 10 heteroatoms. The standard InChI is InChI=1S/C17H22N2O7S/c1-6-24-15(21)11-9(4)13(17(23)26-8-3)27-14(11)19-18-12(10(5)20)16(22)25-7-2/h20H,6-8H2,1-5H3/b12-10-,19-18?. The number of carbonyl (C=O) groups excluding carboxylic acids is 3. The average Bonchev–Trinajstić information content (AvgIpc) is 2.92. The van der Waals surface area contributed by atoms with E-state index in [1.165, 1.54) is 6.92 Å². The van der Waals surface area contributed by atoms with Gasteiger partial charge in [-0.2, -0.15) is 0 Å². The number of carbonyl (C=O) groups is 3. The van der Waals surface area contributed by atoms with Gasteiger partial charge in [0, 0.05) is 0 Å². The van der Waals surface area contributed by atoms with E-state index in [0.29, 0.717) is 5.56 Å². The lowest BCUT2D eigenvalue weighted by molar-refractivity contribution is -0.138. The highest BCUT2D eigenvalue weighted by molar-refractivity contribution is 7.18. The summed E-state index contributed by atoms with van der Waals surface area (Å²) < 4.78 is 14.8. The zero-order valence-corrected chi connectivity index (χ0v) is 16.6. The van der Waals surface area contributed by atoms with E-state index in [4.69, 9.17) is 14.2 Å². The van der Waals surface area contributed by atoms with Crippen molar-refractivity contribution < 1.29 is 33.7 Å². The first-order valence-electron chi connectivity index (χ1n) is 8.24. The Hall–Kier alpha value is -2.75. The van der Waals surface area contributed by atoms with Crippen LogP contribution in [0.15, 0.2) is 21.7 Å². The maximum atomic E-state index is 12.3. The van der Waals surface area contributed by atoms with Gasteiger partial charge in [0.25, 0.3) is 0 Å². The zero-order valence-electron chi connectivity index (χ0n) is 15.8. The van der Waals surface area contributed by atoms with E-state index in [-0.39, 0.29) is 35.3 Å². The molecule has 1 aromatic rings. The van der Waals surface area contributed by atoms with E-state index in [1.807, 2.05) is 0 Å². The molecule has 0 aromatic carbocycles. The minimum Gasteiger partial charge on any atom is -0.510 e. The molecular formula is C17H22N2O7S. The van der Waals surface area contributed by atoms with Crippen molar-refractivity contribution >= 4 is 34.2 Å². The highest BCUT2D eigenvalue weighted by atomic mass is 32.1. The summed E-state index contributed by atoms with van der Waals surface area (Å²) in [5, 5.41) is 17.3. The summed E-state index contributed by atoms with van der Waals surface area (Å²) in [6, 6.07) is 0. The summed E-state index contributed by atoms with van der Waals surface area (Å²) in [6.07, 6.45) is 0. The van der Waals surface area contributed by atoms with E-state index in [1.54, 1.807) is 27.7 Å². The summed E-state index contributed by atoms with van der Waals surface area (Å²) in [4.78, 5) is 36.4. The van der Waals surface area contributed by atoms with Gasteiger partial charge in [-0.15, -0.1) is 21.6 Å². The van der Waals surface area contributed by atoms with E-state index in [0.717, 1.165) is 11.3 Å². The Morgan fingerprint density at radius 2 is 1.56 bits per heavy atom. The van der Waals surface area contributed by atoms with Crippen molar-refractivity contribution in [3.8, 4) is 0 Å². The number of thiophene rings is 1. The van der Waals surface area contributed by atoms with Crippen LogP contribution >= 0.6 is 11.3 Å². The fourth-order valence-electron chi connectivity index (χ4n) is 1.96. The third-order valence-corrected chi connectivity index (χ3v) is 4.28. The Morgan fingerprint density at radius 1 is 1.00 bits per heavy atom. The Kier molecular flexibility index (Phi) is 8.60. The van der Waals surface area contributed by atoms with Gasteiger partial charge in [-0.3, -0.25) is 0 Å². The molecule has 27 heavy (non-hydrogen) atoms. The Balaban J connectivity index is 3.41. The van der Waals surface area contributed by atoms with Gasteiger partial charge in [-0.1, -0.05) is 0 Å². The molecule has 1 N–H and O–H groups in total. The SMILES string of the molecule is CCOC(=O)/C(N=Nc1sc(C(=O)OCC)c(C)c1C(=O)OCC)=C(\C)O. The van der Waals surface area contributed by atoms with Crippen LogP contribution in [0.2, 0.25) is 0 Å². The number of nitrogens with zero attached hydrogens (tertiary/aromatic N) is 2. The van der Waals surface area contributed by atoms with Crippen LogP contribution in [0.25, 0.3) is 0 Å². The van der Waals surface area contributed by atoms with Gasteiger partial charge in [0.05, 0.1) is 19.8 Å². The molecule has 1 aromatic heterocycles. The van der Waals surface area contributed by atoms with Crippen molar-refractivity contribution in [2.75, 3.05) is 19.8 Å². The summed E-state index contributed by atoms with van der Waals surface area (Å²) in [6.45, 7) is 8.10. The van der Waals surface area contributed by atoms with Crippen LogP contribution in [0.3, 0.4) is 0 Å². The second-order valence-corrected chi connectivity index (χ2v) is 6.03. The van der Waals surface area contributed by atoms with Crippen LogP contribution < -0.4 is 0 Å². The van der Waals surface area contributed by atoms with Crippen molar-refractivity contribution in [1.29, 1.82) is 0 Å². The number of ether oxygens (including phenoxy) is 3. The van der Waals surface area contributed by atoms with Crippen molar-refractivity contribution in [3.63, 3.8) is 0 Å². The largest absolute Gasteiger partial charge is 0.510 e. The van der Waals surface area contributed by atoms with Gasteiger partial charge in [0.2, 0.25) is 5.70 Å². The third kappa shape index (κ3) is 5.61. The first kappa shape index (κ1) is 22.3. The van der Waals surface area contributed by atoms with Crippen LogP contribution in [0.4, 0.5) is 5.00 Å². The molecular weight excluding hydrogens is 376 g/mol. The van der Waals surface area contributed by atoms with E-state index < -0.39 is 29.4 Å². The Labute approximate surface area is 160 Å². The molecule has 0 atom stereocenters. The van der Waals surface area contributed by atoms with Gasteiger partial charge in [-0.25, -0.2) is 14.4 Å². The molecule has 0 aliphatic heterocycles. The quantitative estimate of drug-likeness (QED) is 0.232. The molecule has 0 amide bonds. The summed E-state index contributed by atoms with van der Waals surface area (Å²) >= 11 is 0.875. The van der Waals surface area contributed by atoms with E-state index >= 15 is 0 Å². The van der Waals surface area contributed by atoms with Crippen molar-refractivity contribution in [2.45, 2.75) is 34.6 Å². The van der Waals surface area contributed by atoms with Crippen LogP contribution in [-0.4, -0.2) is 42.8 Å². The van der Waals surface area contributed by atoms with E-state index in [9.17, 15) is 19.5 Å². The summed E-state index contributed by atoms with van der Waals surface area (Å²) in [5.74, 6) is -2.55. The van der Waals surface area contributed by atoms with Crippen molar-refractivity contribution in [3.05, 3.63) is 27.5 Å². The second kappa shape index (κ2) is 10.4. The summed E-state index contributed by atoms with van der Waals surface area (Å²) in [7, 11) is 0. The monoisotopic (exact) mass is 398 g/mol. The fourth-order valence-corrected chi connectivity index (χ4v) is 2.97.